The Kier molecular flexibility index (Phi) is 3.27. The molecule has 1 atom stereocenters. The second-order valence-corrected chi connectivity index (χ2v) is 5.31. The highest BCUT2D eigenvalue weighted by Gasteiger charge is 2.40. The summed E-state index contributed by atoms with van der Waals surface area (Å²) in [6.45, 7) is 1.56. The number of benzene rings is 1. The zero-order chi connectivity index (χ0) is 14.2. The highest BCUT2D eigenvalue weighted by molar-refractivity contribution is 5.86. The molecule has 20 heavy (non-hydrogen) atoms. The van der Waals surface area contributed by atoms with Crippen LogP contribution in [0.5, 0.6) is 11.5 Å². The van der Waals surface area contributed by atoms with E-state index in [1.54, 1.807) is 11.9 Å². The van der Waals surface area contributed by atoms with E-state index >= 15 is 0 Å². The summed E-state index contributed by atoms with van der Waals surface area (Å²) < 4.78 is 15.8. The van der Waals surface area contributed by atoms with Crippen LogP contribution < -0.4 is 15.2 Å². The van der Waals surface area contributed by atoms with Gasteiger partial charge in [0.1, 0.15) is 5.54 Å². The number of fused-ring (bicyclic) bond motifs is 1. The summed E-state index contributed by atoms with van der Waals surface area (Å²) in [5.74, 6) is 1.37. The largest absolute Gasteiger partial charge is 0.454 e. The molecule has 2 aliphatic heterocycles. The summed E-state index contributed by atoms with van der Waals surface area (Å²) in [7, 11) is 1.75. The zero-order valence-corrected chi connectivity index (χ0v) is 11.4. The number of amides is 1. The second kappa shape index (κ2) is 4.96. The molecule has 6 heteroatoms. The van der Waals surface area contributed by atoms with Gasteiger partial charge in [0, 0.05) is 20.2 Å². The SMILES string of the molecule is CN(Cc1ccc2c(c1)OCO2)C(=O)C1(N)CCOC1. The van der Waals surface area contributed by atoms with Crippen LogP contribution in [-0.2, 0) is 16.1 Å². The fourth-order valence-corrected chi connectivity index (χ4v) is 2.51. The van der Waals surface area contributed by atoms with Gasteiger partial charge in [-0.1, -0.05) is 6.07 Å². The van der Waals surface area contributed by atoms with E-state index in [0.29, 0.717) is 19.6 Å². The first kappa shape index (κ1) is 13.2. The Balaban J connectivity index is 1.69. The maximum atomic E-state index is 12.4. The van der Waals surface area contributed by atoms with Gasteiger partial charge in [0.2, 0.25) is 12.7 Å². The average molecular weight is 278 g/mol. The van der Waals surface area contributed by atoms with Crippen molar-refractivity contribution in [3.8, 4) is 11.5 Å². The van der Waals surface area contributed by atoms with Gasteiger partial charge in [-0.15, -0.1) is 0 Å². The van der Waals surface area contributed by atoms with Gasteiger partial charge in [-0.3, -0.25) is 4.79 Å². The van der Waals surface area contributed by atoms with Crippen LogP contribution in [0.3, 0.4) is 0 Å². The Morgan fingerprint density at radius 1 is 1.40 bits per heavy atom. The van der Waals surface area contributed by atoms with E-state index in [9.17, 15) is 4.79 Å². The molecule has 1 saturated heterocycles. The molecular weight excluding hydrogens is 260 g/mol. The number of nitrogens with zero attached hydrogens (tertiary/aromatic N) is 1. The number of nitrogens with two attached hydrogens (primary N) is 1. The van der Waals surface area contributed by atoms with Gasteiger partial charge in [0.25, 0.3) is 0 Å². The molecule has 3 rings (SSSR count). The molecule has 1 fully saturated rings. The maximum absolute atomic E-state index is 12.4. The van der Waals surface area contributed by atoms with Gasteiger partial charge in [-0.25, -0.2) is 0 Å². The first-order valence-electron chi connectivity index (χ1n) is 6.59. The molecule has 0 radical (unpaired) electrons. The van der Waals surface area contributed by atoms with Crippen LogP contribution in [0.1, 0.15) is 12.0 Å². The number of likely N-dealkylation sites (N-methyl/N-ethyl adjacent to an activating group) is 1. The van der Waals surface area contributed by atoms with Crippen molar-refractivity contribution in [1.29, 1.82) is 0 Å². The summed E-state index contributed by atoms with van der Waals surface area (Å²) in [4.78, 5) is 14.0. The third-order valence-electron chi connectivity index (χ3n) is 3.68. The maximum Gasteiger partial charge on any atom is 0.245 e. The molecule has 2 N–H and O–H groups in total. The van der Waals surface area contributed by atoms with Crippen LogP contribution >= 0.6 is 0 Å². The fourth-order valence-electron chi connectivity index (χ4n) is 2.51. The zero-order valence-electron chi connectivity index (χ0n) is 11.4. The summed E-state index contributed by atoms with van der Waals surface area (Å²) >= 11 is 0. The molecule has 1 aromatic carbocycles. The van der Waals surface area contributed by atoms with E-state index in [1.807, 2.05) is 18.2 Å². The smallest absolute Gasteiger partial charge is 0.245 e. The summed E-state index contributed by atoms with van der Waals surface area (Å²) in [5, 5.41) is 0. The minimum Gasteiger partial charge on any atom is -0.454 e. The van der Waals surface area contributed by atoms with Crippen molar-refractivity contribution in [2.45, 2.75) is 18.5 Å². The van der Waals surface area contributed by atoms with E-state index in [-0.39, 0.29) is 19.3 Å². The van der Waals surface area contributed by atoms with Gasteiger partial charge < -0.3 is 24.8 Å². The Bertz CT molecular complexity index is 526. The minimum absolute atomic E-state index is 0.0901. The van der Waals surface area contributed by atoms with Gasteiger partial charge in [-0.05, 0) is 24.1 Å². The van der Waals surface area contributed by atoms with Crippen LogP contribution in [-0.4, -0.2) is 43.4 Å². The lowest BCUT2D eigenvalue weighted by molar-refractivity contribution is -0.136. The van der Waals surface area contributed by atoms with E-state index in [0.717, 1.165) is 17.1 Å². The molecule has 0 aromatic heterocycles. The number of carbonyl (C=O) groups excluding carboxylic acids is 1. The molecular formula is C14H18N2O4. The molecule has 0 saturated carbocycles. The molecule has 1 amide bonds. The number of hydrogen-bond acceptors (Lipinski definition) is 5. The van der Waals surface area contributed by atoms with Crippen molar-refractivity contribution in [1.82, 2.24) is 4.90 Å². The Morgan fingerprint density at radius 2 is 2.20 bits per heavy atom. The van der Waals surface area contributed by atoms with Crippen molar-refractivity contribution in [2.24, 2.45) is 5.73 Å². The third kappa shape index (κ3) is 2.32. The fraction of sp³-hybridized carbons (Fsp3) is 0.500. The molecule has 0 aliphatic carbocycles. The molecule has 108 valence electrons. The number of rotatable bonds is 3. The molecule has 1 unspecified atom stereocenters. The molecule has 0 bridgehead atoms. The molecule has 2 aliphatic rings. The standard InChI is InChI=1S/C14H18N2O4/c1-16(13(17)14(15)4-5-18-8-14)7-10-2-3-11-12(6-10)20-9-19-11/h2-3,6H,4-5,7-9,15H2,1H3. The van der Waals surface area contributed by atoms with E-state index in [4.69, 9.17) is 19.9 Å². The van der Waals surface area contributed by atoms with Gasteiger partial charge >= 0.3 is 0 Å². The van der Waals surface area contributed by atoms with Gasteiger partial charge in [-0.2, -0.15) is 0 Å². The van der Waals surface area contributed by atoms with Crippen molar-refractivity contribution < 1.29 is 19.0 Å². The van der Waals surface area contributed by atoms with Gasteiger partial charge in [0.05, 0.1) is 6.61 Å². The predicted octanol–water partition coefficient (Wildman–Crippen LogP) is 0.491. The van der Waals surface area contributed by atoms with E-state index in [2.05, 4.69) is 0 Å². The summed E-state index contributed by atoms with van der Waals surface area (Å²) in [6.07, 6.45) is 0.567. The molecule has 0 spiro atoms. The highest BCUT2D eigenvalue weighted by atomic mass is 16.7. The number of ether oxygens (including phenoxy) is 3. The lowest BCUT2D eigenvalue weighted by atomic mass is 9.98. The Labute approximate surface area is 117 Å². The normalized spacial score (nSPS) is 23.9. The van der Waals surface area contributed by atoms with Crippen LogP contribution in [0.15, 0.2) is 18.2 Å². The molecule has 6 nitrogen and oxygen atoms in total. The van der Waals surface area contributed by atoms with Crippen LogP contribution in [0.25, 0.3) is 0 Å². The quantitative estimate of drug-likeness (QED) is 0.871. The monoisotopic (exact) mass is 278 g/mol. The van der Waals surface area contributed by atoms with Crippen LogP contribution in [0.2, 0.25) is 0 Å². The van der Waals surface area contributed by atoms with Gasteiger partial charge in [0.15, 0.2) is 11.5 Å². The lowest BCUT2D eigenvalue weighted by Gasteiger charge is -2.27. The lowest BCUT2D eigenvalue weighted by Crippen LogP contribution is -2.54. The van der Waals surface area contributed by atoms with Crippen molar-refractivity contribution in [3.05, 3.63) is 23.8 Å². The average Bonchev–Trinajstić information content (AvgIpc) is 3.06. The van der Waals surface area contributed by atoms with Crippen LogP contribution in [0, 0.1) is 0 Å². The molecule has 1 aromatic rings. The van der Waals surface area contributed by atoms with Crippen molar-refractivity contribution >= 4 is 5.91 Å². The highest BCUT2D eigenvalue weighted by Crippen LogP contribution is 2.32. The number of hydrogen-bond donors (Lipinski definition) is 1. The van der Waals surface area contributed by atoms with Crippen molar-refractivity contribution in [2.75, 3.05) is 27.1 Å². The Hall–Kier alpha value is -1.79. The first-order chi connectivity index (χ1) is 9.58. The van der Waals surface area contributed by atoms with E-state index in [1.165, 1.54) is 0 Å². The number of carbonyl (C=O) groups is 1. The topological polar surface area (TPSA) is 74.0 Å². The summed E-state index contributed by atoms with van der Waals surface area (Å²) in [5.41, 5.74) is 6.18. The van der Waals surface area contributed by atoms with Crippen LogP contribution in [0.4, 0.5) is 0 Å². The first-order valence-corrected chi connectivity index (χ1v) is 6.59. The minimum atomic E-state index is -0.884. The Morgan fingerprint density at radius 3 is 2.95 bits per heavy atom. The van der Waals surface area contributed by atoms with E-state index < -0.39 is 5.54 Å². The summed E-state index contributed by atoms with van der Waals surface area (Å²) in [6, 6.07) is 5.67. The van der Waals surface area contributed by atoms with Crippen molar-refractivity contribution in [3.63, 3.8) is 0 Å². The predicted molar refractivity (Wildman–Crippen MR) is 71.4 cm³/mol. The second-order valence-electron chi connectivity index (χ2n) is 5.31. The molecule has 2 heterocycles. The third-order valence-corrected chi connectivity index (χ3v) is 3.68.